The first-order valence-electron chi connectivity index (χ1n) is 9.94. The molecule has 23 heavy (non-hydrogen) atoms. The van der Waals surface area contributed by atoms with Gasteiger partial charge in [-0.3, -0.25) is 0 Å². The predicted octanol–water partition coefficient (Wildman–Crippen LogP) is 6.83. The van der Waals surface area contributed by atoms with E-state index in [-0.39, 0.29) is 5.97 Å². The summed E-state index contributed by atoms with van der Waals surface area (Å²) in [4.78, 5) is 11.6. The van der Waals surface area contributed by atoms with Crippen molar-refractivity contribution < 1.29 is 9.53 Å². The Morgan fingerprint density at radius 1 is 0.826 bits per heavy atom. The van der Waals surface area contributed by atoms with Crippen LogP contribution in [0.15, 0.2) is 12.2 Å². The Labute approximate surface area is 145 Å². The SMILES string of the molecule is C=C(C)C(=O)OCC(CCCCC)CCCCCCCCCC. The van der Waals surface area contributed by atoms with Gasteiger partial charge < -0.3 is 4.74 Å². The van der Waals surface area contributed by atoms with Gasteiger partial charge in [-0.1, -0.05) is 91.1 Å². The zero-order valence-corrected chi connectivity index (χ0v) is 16.0. The smallest absolute Gasteiger partial charge is 0.333 e. The minimum absolute atomic E-state index is 0.235. The van der Waals surface area contributed by atoms with Gasteiger partial charge in [0.25, 0.3) is 0 Å². The van der Waals surface area contributed by atoms with Gasteiger partial charge in [0.2, 0.25) is 0 Å². The molecule has 0 saturated heterocycles. The zero-order chi connectivity index (χ0) is 17.3. The fraction of sp³-hybridized carbons (Fsp3) is 0.857. The summed E-state index contributed by atoms with van der Waals surface area (Å²) >= 11 is 0. The summed E-state index contributed by atoms with van der Waals surface area (Å²) < 4.78 is 5.38. The van der Waals surface area contributed by atoms with Crippen LogP contribution in [-0.2, 0) is 9.53 Å². The average Bonchev–Trinajstić information content (AvgIpc) is 2.54. The van der Waals surface area contributed by atoms with Gasteiger partial charge in [0.15, 0.2) is 0 Å². The van der Waals surface area contributed by atoms with Crippen molar-refractivity contribution in [3.05, 3.63) is 12.2 Å². The van der Waals surface area contributed by atoms with E-state index in [0.717, 1.165) is 0 Å². The van der Waals surface area contributed by atoms with Gasteiger partial charge in [-0.2, -0.15) is 0 Å². The molecule has 0 aliphatic carbocycles. The maximum atomic E-state index is 11.6. The average molecular weight is 325 g/mol. The van der Waals surface area contributed by atoms with E-state index in [1.807, 2.05) is 0 Å². The topological polar surface area (TPSA) is 26.3 Å². The van der Waals surface area contributed by atoms with Crippen molar-refractivity contribution >= 4 is 5.97 Å². The molecule has 136 valence electrons. The summed E-state index contributed by atoms with van der Waals surface area (Å²) in [6, 6.07) is 0. The highest BCUT2D eigenvalue weighted by Gasteiger charge is 2.12. The lowest BCUT2D eigenvalue weighted by Gasteiger charge is -2.17. The minimum atomic E-state index is -0.235. The highest BCUT2D eigenvalue weighted by Crippen LogP contribution is 2.19. The van der Waals surface area contributed by atoms with Crippen molar-refractivity contribution in [2.75, 3.05) is 6.61 Å². The Hall–Kier alpha value is -0.790. The van der Waals surface area contributed by atoms with Crippen molar-refractivity contribution in [1.29, 1.82) is 0 Å². The molecule has 0 fully saturated rings. The van der Waals surface area contributed by atoms with Crippen molar-refractivity contribution in [3.8, 4) is 0 Å². The lowest BCUT2D eigenvalue weighted by molar-refractivity contribution is -0.140. The molecule has 0 spiro atoms. The third kappa shape index (κ3) is 14.5. The summed E-state index contributed by atoms with van der Waals surface area (Å²) in [6.45, 7) is 10.4. The van der Waals surface area contributed by atoms with E-state index in [4.69, 9.17) is 4.74 Å². The van der Waals surface area contributed by atoms with E-state index in [1.54, 1.807) is 6.92 Å². The molecule has 1 atom stereocenters. The number of ether oxygens (including phenoxy) is 1. The monoisotopic (exact) mass is 324 g/mol. The Kier molecular flexibility index (Phi) is 15.5. The number of esters is 1. The van der Waals surface area contributed by atoms with E-state index in [2.05, 4.69) is 20.4 Å². The number of carbonyl (C=O) groups is 1. The molecule has 0 aromatic heterocycles. The second-order valence-corrected chi connectivity index (χ2v) is 7.00. The summed E-state index contributed by atoms with van der Waals surface area (Å²) in [7, 11) is 0. The van der Waals surface area contributed by atoms with Gasteiger partial charge in [0, 0.05) is 5.57 Å². The summed E-state index contributed by atoms with van der Waals surface area (Å²) in [5.74, 6) is 0.298. The van der Waals surface area contributed by atoms with Crippen LogP contribution in [0.3, 0.4) is 0 Å². The second-order valence-electron chi connectivity index (χ2n) is 7.00. The van der Waals surface area contributed by atoms with Gasteiger partial charge in [-0.15, -0.1) is 0 Å². The highest BCUT2D eigenvalue weighted by molar-refractivity contribution is 5.86. The predicted molar refractivity (Wildman–Crippen MR) is 101 cm³/mol. The summed E-state index contributed by atoms with van der Waals surface area (Å²) in [5, 5.41) is 0. The van der Waals surface area contributed by atoms with Crippen molar-refractivity contribution in [2.45, 2.75) is 104 Å². The molecule has 0 aliphatic heterocycles. The molecular formula is C21H40O2. The van der Waals surface area contributed by atoms with Gasteiger partial charge in [-0.05, 0) is 25.7 Å². The molecule has 0 radical (unpaired) electrons. The van der Waals surface area contributed by atoms with Crippen LogP contribution in [0.4, 0.5) is 0 Å². The standard InChI is InChI=1S/C21H40O2/c1-5-7-9-10-11-12-13-15-17-20(16-14-8-6-2)18-23-21(22)19(3)4/h20H,3,5-18H2,1-2,4H3. The molecule has 2 heteroatoms. The van der Waals surface area contributed by atoms with Crippen LogP contribution in [0.25, 0.3) is 0 Å². The summed E-state index contributed by atoms with van der Waals surface area (Å²) in [5.41, 5.74) is 0.504. The van der Waals surface area contributed by atoms with Crippen LogP contribution in [0.2, 0.25) is 0 Å². The number of unbranched alkanes of at least 4 members (excludes halogenated alkanes) is 9. The van der Waals surface area contributed by atoms with Gasteiger partial charge in [0.1, 0.15) is 0 Å². The van der Waals surface area contributed by atoms with Crippen LogP contribution in [0.1, 0.15) is 104 Å². The zero-order valence-electron chi connectivity index (χ0n) is 16.0. The number of carbonyl (C=O) groups excluding carboxylic acids is 1. The highest BCUT2D eigenvalue weighted by atomic mass is 16.5. The van der Waals surface area contributed by atoms with E-state index >= 15 is 0 Å². The Bertz CT molecular complexity index is 296. The van der Waals surface area contributed by atoms with Gasteiger partial charge in [0.05, 0.1) is 6.61 Å². The second kappa shape index (κ2) is 16.1. The van der Waals surface area contributed by atoms with E-state index in [0.29, 0.717) is 18.1 Å². The molecule has 0 saturated carbocycles. The molecule has 1 unspecified atom stereocenters. The molecule has 0 heterocycles. The maximum absolute atomic E-state index is 11.6. The van der Waals surface area contributed by atoms with Crippen LogP contribution in [0.5, 0.6) is 0 Å². The van der Waals surface area contributed by atoms with Crippen molar-refractivity contribution in [2.24, 2.45) is 5.92 Å². The number of hydrogen-bond donors (Lipinski definition) is 0. The largest absolute Gasteiger partial charge is 0.462 e. The first-order valence-corrected chi connectivity index (χ1v) is 9.94. The molecule has 0 amide bonds. The van der Waals surface area contributed by atoms with Crippen LogP contribution < -0.4 is 0 Å². The molecule has 0 bridgehead atoms. The van der Waals surface area contributed by atoms with Gasteiger partial charge in [-0.25, -0.2) is 4.79 Å². The van der Waals surface area contributed by atoms with Crippen LogP contribution >= 0.6 is 0 Å². The van der Waals surface area contributed by atoms with E-state index in [9.17, 15) is 4.79 Å². The molecule has 0 aliphatic rings. The molecule has 0 rings (SSSR count). The number of rotatable bonds is 16. The first kappa shape index (κ1) is 22.2. The Morgan fingerprint density at radius 3 is 1.78 bits per heavy atom. The fourth-order valence-corrected chi connectivity index (χ4v) is 2.88. The lowest BCUT2D eigenvalue weighted by Crippen LogP contribution is -2.15. The first-order chi connectivity index (χ1) is 11.1. The molecular weight excluding hydrogens is 284 g/mol. The normalized spacial score (nSPS) is 12.1. The van der Waals surface area contributed by atoms with Crippen LogP contribution in [0, 0.1) is 5.92 Å². The van der Waals surface area contributed by atoms with E-state index in [1.165, 1.54) is 83.5 Å². The molecule has 2 nitrogen and oxygen atoms in total. The van der Waals surface area contributed by atoms with Gasteiger partial charge >= 0.3 is 5.97 Å². The number of hydrogen-bond acceptors (Lipinski definition) is 2. The fourth-order valence-electron chi connectivity index (χ4n) is 2.88. The summed E-state index contributed by atoms with van der Waals surface area (Å²) in [6.07, 6.45) is 17.0. The van der Waals surface area contributed by atoms with E-state index < -0.39 is 0 Å². The minimum Gasteiger partial charge on any atom is -0.462 e. The Morgan fingerprint density at radius 2 is 1.26 bits per heavy atom. The maximum Gasteiger partial charge on any atom is 0.333 e. The van der Waals surface area contributed by atoms with Crippen molar-refractivity contribution in [1.82, 2.24) is 0 Å². The van der Waals surface area contributed by atoms with Crippen molar-refractivity contribution in [3.63, 3.8) is 0 Å². The third-order valence-corrected chi connectivity index (χ3v) is 4.48. The molecule has 0 aromatic carbocycles. The molecule has 0 aromatic rings. The lowest BCUT2D eigenvalue weighted by atomic mass is 9.95. The van der Waals surface area contributed by atoms with Crippen LogP contribution in [-0.4, -0.2) is 12.6 Å². The molecule has 0 N–H and O–H groups in total. The quantitative estimate of drug-likeness (QED) is 0.177. The Balaban J connectivity index is 3.82. The third-order valence-electron chi connectivity index (χ3n) is 4.48.